The zero-order valence-corrected chi connectivity index (χ0v) is 11.3. The highest BCUT2D eigenvalue weighted by Gasteiger charge is 2.05. The fourth-order valence-corrected chi connectivity index (χ4v) is 1.92. The molecule has 2 heteroatoms. The van der Waals surface area contributed by atoms with Crippen LogP contribution in [0.5, 0.6) is 0 Å². The molecule has 2 aromatic rings. The van der Waals surface area contributed by atoms with Gasteiger partial charge in [-0.1, -0.05) is 24.3 Å². The van der Waals surface area contributed by atoms with Crippen LogP contribution in [0.2, 0.25) is 0 Å². The van der Waals surface area contributed by atoms with Crippen LogP contribution in [-0.4, -0.2) is 4.98 Å². The highest BCUT2D eigenvalue weighted by Crippen LogP contribution is 2.12. The number of pyridine rings is 1. The minimum absolute atomic E-state index is 0.271. The highest BCUT2D eigenvalue weighted by atomic mass is 14.9. The van der Waals surface area contributed by atoms with Crippen molar-refractivity contribution in [2.24, 2.45) is 0 Å². The van der Waals surface area contributed by atoms with E-state index in [-0.39, 0.29) is 6.04 Å². The Balaban J connectivity index is 1.97. The van der Waals surface area contributed by atoms with Gasteiger partial charge in [-0.2, -0.15) is 0 Å². The third-order valence-electron chi connectivity index (χ3n) is 3.32. The summed E-state index contributed by atoms with van der Waals surface area (Å²) in [6.07, 6.45) is 1.84. The van der Waals surface area contributed by atoms with Gasteiger partial charge < -0.3 is 5.32 Å². The summed E-state index contributed by atoms with van der Waals surface area (Å²) >= 11 is 0. The van der Waals surface area contributed by atoms with Crippen LogP contribution in [0.1, 0.15) is 35.3 Å². The number of aryl methyl sites for hydroxylation is 2. The maximum atomic E-state index is 4.36. The van der Waals surface area contributed by atoms with Crippen LogP contribution in [0.25, 0.3) is 0 Å². The Kier molecular flexibility index (Phi) is 4.11. The lowest BCUT2D eigenvalue weighted by Gasteiger charge is -2.13. The highest BCUT2D eigenvalue weighted by molar-refractivity contribution is 5.29. The minimum Gasteiger partial charge on any atom is -0.305 e. The van der Waals surface area contributed by atoms with E-state index in [1.807, 2.05) is 18.3 Å². The van der Waals surface area contributed by atoms with Crippen molar-refractivity contribution in [2.45, 2.75) is 33.4 Å². The van der Waals surface area contributed by atoms with E-state index in [0.717, 1.165) is 12.2 Å². The van der Waals surface area contributed by atoms with Crippen LogP contribution in [-0.2, 0) is 6.54 Å². The summed E-state index contributed by atoms with van der Waals surface area (Å²) in [5.41, 5.74) is 5.10. The van der Waals surface area contributed by atoms with Gasteiger partial charge in [0, 0.05) is 18.8 Å². The van der Waals surface area contributed by atoms with E-state index in [9.17, 15) is 0 Å². The van der Waals surface area contributed by atoms with Crippen molar-refractivity contribution in [1.29, 1.82) is 0 Å². The molecule has 1 atom stereocenters. The number of nitrogens with zero attached hydrogens (tertiary/aromatic N) is 1. The van der Waals surface area contributed by atoms with Crippen molar-refractivity contribution in [2.75, 3.05) is 0 Å². The first-order valence-electron chi connectivity index (χ1n) is 6.37. The average molecular weight is 240 g/mol. The molecule has 0 fully saturated rings. The van der Waals surface area contributed by atoms with E-state index in [4.69, 9.17) is 0 Å². The first kappa shape index (κ1) is 12.8. The largest absolute Gasteiger partial charge is 0.305 e. The predicted octanol–water partition coefficient (Wildman–Crippen LogP) is 3.55. The molecule has 18 heavy (non-hydrogen) atoms. The van der Waals surface area contributed by atoms with Gasteiger partial charge in [0.1, 0.15) is 0 Å². The van der Waals surface area contributed by atoms with Crippen LogP contribution in [0, 0.1) is 13.8 Å². The standard InChI is InChI=1S/C16H20N2/c1-12-7-8-15(10-13(12)2)11-18-14(3)16-6-4-5-9-17-16/h4-10,14,18H,11H2,1-3H3. The lowest BCUT2D eigenvalue weighted by Crippen LogP contribution is -2.19. The average Bonchev–Trinajstić information content (AvgIpc) is 2.41. The third-order valence-corrected chi connectivity index (χ3v) is 3.32. The van der Waals surface area contributed by atoms with Gasteiger partial charge in [-0.25, -0.2) is 0 Å². The fraction of sp³-hybridized carbons (Fsp3) is 0.312. The molecule has 0 aliphatic carbocycles. The van der Waals surface area contributed by atoms with Gasteiger partial charge in [-0.3, -0.25) is 4.98 Å². The zero-order valence-electron chi connectivity index (χ0n) is 11.3. The van der Waals surface area contributed by atoms with Gasteiger partial charge in [-0.05, 0) is 49.6 Å². The van der Waals surface area contributed by atoms with Gasteiger partial charge in [0.15, 0.2) is 0 Å². The number of nitrogens with one attached hydrogen (secondary N) is 1. The van der Waals surface area contributed by atoms with Crippen LogP contribution in [0.3, 0.4) is 0 Å². The van der Waals surface area contributed by atoms with Gasteiger partial charge in [0.25, 0.3) is 0 Å². The summed E-state index contributed by atoms with van der Waals surface area (Å²) in [6.45, 7) is 7.31. The summed E-state index contributed by atoms with van der Waals surface area (Å²) in [6, 6.07) is 12.9. The Morgan fingerprint density at radius 1 is 1.11 bits per heavy atom. The first-order chi connectivity index (χ1) is 8.66. The second-order valence-corrected chi connectivity index (χ2v) is 4.78. The SMILES string of the molecule is Cc1ccc(CNC(C)c2ccccn2)cc1C. The number of hydrogen-bond acceptors (Lipinski definition) is 2. The van der Waals surface area contributed by atoms with E-state index in [2.05, 4.69) is 55.3 Å². The smallest absolute Gasteiger partial charge is 0.0570 e. The number of aromatic nitrogens is 1. The predicted molar refractivity (Wildman–Crippen MR) is 75.4 cm³/mol. The van der Waals surface area contributed by atoms with E-state index in [1.54, 1.807) is 0 Å². The van der Waals surface area contributed by atoms with Crippen molar-refractivity contribution in [3.8, 4) is 0 Å². The summed E-state index contributed by atoms with van der Waals surface area (Å²) in [4.78, 5) is 4.36. The lowest BCUT2D eigenvalue weighted by molar-refractivity contribution is 0.561. The molecule has 0 bridgehead atoms. The first-order valence-corrected chi connectivity index (χ1v) is 6.37. The van der Waals surface area contributed by atoms with E-state index < -0.39 is 0 Å². The van der Waals surface area contributed by atoms with Gasteiger partial charge in [-0.15, -0.1) is 0 Å². The molecule has 0 aliphatic rings. The molecule has 94 valence electrons. The number of rotatable bonds is 4. The van der Waals surface area contributed by atoms with Gasteiger partial charge in [0.05, 0.1) is 5.69 Å². The molecule has 0 amide bonds. The zero-order chi connectivity index (χ0) is 13.0. The van der Waals surface area contributed by atoms with E-state index in [1.165, 1.54) is 16.7 Å². The molecule has 1 aromatic carbocycles. The molecule has 1 aromatic heterocycles. The Morgan fingerprint density at radius 3 is 2.61 bits per heavy atom. The fourth-order valence-electron chi connectivity index (χ4n) is 1.92. The maximum absolute atomic E-state index is 4.36. The van der Waals surface area contributed by atoms with Crippen LogP contribution in [0.4, 0.5) is 0 Å². The summed E-state index contributed by atoms with van der Waals surface area (Å²) in [7, 11) is 0. The molecule has 2 rings (SSSR count). The van der Waals surface area contributed by atoms with Gasteiger partial charge >= 0.3 is 0 Å². The molecule has 0 saturated heterocycles. The van der Waals surface area contributed by atoms with E-state index in [0.29, 0.717) is 0 Å². The molecular weight excluding hydrogens is 220 g/mol. The van der Waals surface area contributed by atoms with E-state index >= 15 is 0 Å². The Hall–Kier alpha value is -1.67. The Morgan fingerprint density at radius 2 is 1.94 bits per heavy atom. The quantitative estimate of drug-likeness (QED) is 0.884. The van der Waals surface area contributed by atoms with Crippen LogP contribution in [0.15, 0.2) is 42.6 Å². The van der Waals surface area contributed by atoms with Crippen molar-refractivity contribution >= 4 is 0 Å². The van der Waals surface area contributed by atoms with Gasteiger partial charge in [0.2, 0.25) is 0 Å². The Bertz CT molecular complexity index is 506. The van der Waals surface area contributed by atoms with Crippen molar-refractivity contribution in [3.05, 3.63) is 65.0 Å². The van der Waals surface area contributed by atoms with Crippen LogP contribution >= 0.6 is 0 Å². The number of hydrogen-bond donors (Lipinski definition) is 1. The topological polar surface area (TPSA) is 24.9 Å². The van der Waals surface area contributed by atoms with Crippen LogP contribution < -0.4 is 5.32 Å². The minimum atomic E-state index is 0.271. The van der Waals surface area contributed by atoms with Crippen molar-refractivity contribution < 1.29 is 0 Å². The molecule has 1 N–H and O–H groups in total. The molecule has 0 aliphatic heterocycles. The second-order valence-electron chi connectivity index (χ2n) is 4.78. The molecule has 1 heterocycles. The monoisotopic (exact) mass is 240 g/mol. The molecule has 0 radical (unpaired) electrons. The molecule has 0 saturated carbocycles. The van der Waals surface area contributed by atoms with Crippen molar-refractivity contribution in [3.63, 3.8) is 0 Å². The molecule has 2 nitrogen and oxygen atoms in total. The maximum Gasteiger partial charge on any atom is 0.0570 e. The molecular formula is C16H20N2. The van der Waals surface area contributed by atoms with Crippen molar-refractivity contribution in [1.82, 2.24) is 10.3 Å². The lowest BCUT2D eigenvalue weighted by atomic mass is 10.1. The second kappa shape index (κ2) is 5.78. The number of benzene rings is 1. The summed E-state index contributed by atoms with van der Waals surface area (Å²) in [5.74, 6) is 0. The Labute approximate surface area is 109 Å². The third kappa shape index (κ3) is 3.17. The normalized spacial score (nSPS) is 12.4. The summed E-state index contributed by atoms with van der Waals surface area (Å²) < 4.78 is 0. The summed E-state index contributed by atoms with van der Waals surface area (Å²) in [5, 5.41) is 3.50. The molecule has 1 unspecified atom stereocenters. The molecule has 0 spiro atoms.